The third-order valence-corrected chi connectivity index (χ3v) is 4.34. The number of anilines is 1. The van der Waals surface area contributed by atoms with Gasteiger partial charge in [0.25, 0.3) is 0 Å². The summed E-state index contributed by atoms with van der Waals surface area (Å²) in [4.78, 5) is 14.7. The number of carbonyl (C=O) groups is 1. The smallest absolute Gasteiger partial charge is 0.238 e. The number of rotatable bonds is 7. The van der Waals surface area contributed by atoms with E-state index >= 15 is 0 Å². The van der Waals surface area contributed by atoms with Gasteiger partial charge in [0.1, 0.15) is 11.6 Å². The molecule has 25 heavy (non-hydrogen) atoms. The van der Waals surface area contributed by atoms with E-state index in [9.17, 15) is 9.18 Å². The van der Waals surface area contributed by atoms with Gasteiger partial charge in [-0.15, -0.1) is 0 Å². The van der Waals surface area contributed by atoms with E-state index in [2.05, 4.69) is 10.2 Å². The van der Waals surface area contributed by atoms with Crippen molar-refractivity contribution < 1.29 is 13.9 Å². The first-order valence-corrected chi connectivity index (χ1v) is 8.48. The quantitative estimate of drug-likeness (QED) is 0.833. The molecule has 0 atom stereocenters. The Bertz CT molecular complexity index is 742. The first kappa shape index (κ1) is 17.4. The van der Waals surface area contributed by atoms with Crippen molar-refractivity contribution in [1.82, 2.24) is 4.90 Å². The molecule has 0 aromatic heterocycles. The normalized spacial score (nSPS) is 13.8. The number of hydrogen-bond donors (Lipinski definition) is 1. The van der Waals surface area contributed by atoms with Crippen LogP contribution in [0.5, 0.6) is 5.75 Å². The largest absolute Gasteiger partial charge is 0.495 e. The third-order valence-electron chi connectivity index (χ3n) is 4.34. The first-order valence-electron chi connectivity index (χ1n) is 8.48. The fraction of sp³-hybridized carbons (Fsp3) is 0.350. The molecule has 0 unspecified atom stereocenters. The first-order chi connectivity index (χ1) is 12.0. The Hall–Kier alpha value is -2.40. The molecule has 1 N–H and O–H groups in total. The van der Waals surface area contributed by atoms with E-state index in [-0.39, 0.29) is 11.7 Å². The minimum absolute atomic E-state index is 0.0714. The van der Waals surface area contributed by atoms with Gasteiger partial charge in [0, 0.05) is 12.6 Å². The van der Waals surface area contributed by atoms with Crippen LogP contribution in [0.3, 0.4) is 0 Å². The molecule has 1 amide bonds. The SMILES string of the molecule is COc1ccc(C)cc1NC(=O)CN(Cc1ccc(F)cc1)C1CC1. The summed E-state index contributed by atoms with van der Waals surface area (Å²) < 4.78 is 18.4. The van der Waals surface area contributed by atoms with E-state index in [4.69, 9.17) is 4.74 Å². The summed E-state index contributed by atoms with van der Waals surface area (Å²) in [5.41, 5.74) is 2.75. The summed E-state index contributed by atoms with van der Waals surface area (Å²) in [6.45, 7) is 2.92. The van der Waals surface area contributed by atoms with Crippen LogP contribution in [0, 0.1) is 12.7 Å². The lowest BCUT2D eigenvalue weighted by Gasteiger charge is -2.22. The van der Waals surface area contributed by atoms with Gasteiger partial charge in [-0.25, -0.2) is 4.39 Å². The molecule has 1 aliphatic carbocycles. The van der Waals surface area contributed by atoms with Crippen molar-refractivity contribution in [2.24, 2.45) is 0 Å². The summed E-state index contributed by atoms with van der Waals surface area (Å²) in [6.07, 6.45) is 2.20. The van der Waals surface area contributed by atoms with Crippen molar-refractivity contribution >= 4 is 11.6 Å². The summed E-state index contributed by atoms with van der Waals surface area (Å²) in [7, 11) is 1.59. The van der Waals surface area contributed by atoms with E-state index in [1.807, 2.05) is 25.1 Å². The molecule has 0 spiro atoms. The summed E-state index contributed by atoms with van der Waals surface area (Å²) in [5, 5.41) is 2.94. The minimum atomic E-state index is -0.244. The van der Waals surface area contributed by atoms with Gasteiger partial charge in [0.2, 0.25) is 5.91 Å². The summed E-state index contributed by atoms with van der Waals surface area (Å²) in [5.74, 6) is 0.333. The highest BCUT2D eigenvalue weighted by Crippen LogP contribution is 2.29. The molecule has 0 heterocycles. The van der Waals surface area contributed by atoms with E-state index in [1.165, 1.54) is 12.1 Å². The Balaban J connectivity index is 1.65. The lowest BCUT2D eigenvalue weighted by atomic mass is 10.2. The Morgan fingerprint density at radius 1 is 1.24 bits per heavy atom. The Morgan fingerprint density at radius 3 is 2.60 bits per heavy atom. The van der Waals surface area contributed by atoms with Crippen LogP contribution in [0.1, 0.15) is 24.0 Å². The standard InChI is InChI=1S/C20H23FN2O2/c1-14-3-10-19(25-2)18(11-14)22-20(24)13-23(17-8-9-17)12-15-4-6-16(21)7-5-15/h3-7,10-11,17H,8-9,12-13H2,1-2H3,(H,22,24). The molecule has 3 rings (SSSR count). The zero-order chi connectivity index (χ0) is 17.8. The molecule has 0 radical (unpaired) electrons. The maximum atomic E-state index is 13.1. The van der Waals surface area contributed by atoms with Crippen molar-refractivity contribution in [3.63, 3.8) is 0 Å². The number of nitrogens with one attached hydrogen (secondary N) is 1. The zero-order valence-electron chi connectivity index (χ0n) is 14.6. The van der Waals surface area contributed by atoms with Crippen molar-refractivity contribution in [2.45, 2.75) is 32.4 Å². The predicted octanol–water partition coefficient (Wildman–Crippen LogP) is 3.75. The van der Waals surface area contributed by atoms with Crippen LogP contribution in [0.25, 0.3) is 0 Å². The van der Waals surface area contributed by atoms with Crippen LogP contribution >= 0.6 is 0 Å². The number of carbonyl (C=O) groups excluding carboxylic acids is 1. The van der Waals surface area contributed by atoms with Crippen molar-refractivity contribution in [1.29, 1.82) is 0 Å². The molecule has 2 aromatic carbocycles. The van der Waals surface area contributed by atoms with Crippen LogP contribution in [0.2, 0.25) is 0 Å². The fourth-order valence-corrected chi connectivity index (χ4v) is 2.87. The number of methoxy groups -OCH3 is 1. The molecule has 0 bridgehead atoms. The van der Waals surface area contributed by atoms with Gasteiger partial charge in [-0.3, -0.25) is 9.69 Å². The number of aryl methyl sites for hydroxylation is 1. The lowest BCUT2D eigenvalue weighted by molar-refractivity contribution is -0.117. The molecule has 1 fully saturated rings. The monoisotopic (exact) mass is 342 g/mol. The predicted molar refractivity (Wildman–Crippen MR) is 96.2 cm³/mol. The molecule has 0 saturated heterocycles. The van der Waals surface area contributed by atoms with Crippen LogP contribution in [0.15, 0.2) is 42.5 Å². The molecule has 4 nitrogen and oxygen atoms in total. The number of nitrogens with zero attached hydrogens (tertiary/aromatic N) is 1. The molecule has 2 aromatic rings. The van der Waals surface area contributed by atoms with Gasteiger partial charge in [-0.1, -0.05) is 18.2 Å². The molecule has 0 aliphatic heterocycles. The van der Waals surface area contributed by atoms with Gasteiger partial charge in [0.05, 0.1) is 19.3 Å². The second-order valence-corrected chi connectivity index (χ2v) is 6.51. The second kappa shape index (κ2) is 7.66. The van der Waals surface area contributed by atoms with Gasteiger partial charge in [-0.2, -0.15) is 0 Å². The maximum Gasteiger partial charge on any atom is 0.238 e. The molecule has 1 saturated carbocycles. The number of ether oxygens (including phenoxy) is 1. The van der Waals surface area contributed by atoms with Gasteiger partial charge >= 0.3 is 0 Å². The Labute approximate surface area is 147 Å². The summed E-state index contributed by atoms with van der Waals surface area (Å²) in [6, 6.07) is 12.6. The summed E-state index contributed by atoms with van der Waals surface area (Å²) >= 11 is 0. The Kier molecular flexibility index (Phi) is 5.34. The molecular weight excluding hydrogens is 319 g/mol. The van der Waals surface area contributed by atoms with Crippen molar-refractivity contribution in [3.05, 3.63) is 59.4 Å². The molecule has 1 aliphatic rings. The van der Waals surface area contributed by atoms with Gasteiger partial charge in [0.15, 0.2) is 0 Å². The number of amides is 1. The minimum Gasteiger partial charge on any atom is -0.495 e. The van der Waals surface area contributed by atoms with Gasteiger partial charge < -0.3 is 10.1 Å². The van der Waals surface area contributed by atoms with Crippen LogP contribution in [-0.4, -0.2) is 30.5 Å². The van der Waals surface area contributed by atoms with Crippen LogP contribution < -0.4 is 10.1 Å². The number of benzene rings is 2. The average molecular weight is 342 g/mol. The molecule has 132 valence electrons. The van der Waals surface area contributed by atoms with Crippen molar-refractivity contribution in [3.8, 4) is 5.75 Å². The van der Waals surface area contributed by atoms with E-state index in [0.29, 0.717) is 30.6 Å². The average Bonchev–Trinajstić information content (AvgIpc) is 3.41. The highest BCUT2D eigenvalue weighted by molar-refractivity contribution is 5.93. The fourth-order valence-electron chi connectivity index (χ4n) is 2.87. The van der Waals surface area contributed by atoms with E-state index in [0.717, 1.165) is 24.0 Å². The van der Waals surface area contributed by atoms with E-state index < -0.39 is 0 Å². The highest BCUT2D eigenvalue weighted by atomic mass is 19.1. The lowest BCUT2D eigenvalue weighted by Crippen LogP contribution is -2.34. The third kappa shape index (κ3) is 4.79. The molecular formula is C20H23FN2O2. The highest BCUT2D eigenvalue weighted by Gasteiger charge is 2.30. The van der Waals surface area contributed by atoms with E-state index in [1.54, 1.807) is 19.2 Å². The van der Waals surface area contributed by atoms with Crippen molar-refractivity contribution in [2.75, 3.05) is 19.0 Å². The van der Waals surface area contributed by atoms with Crippen LogP contribution in [-0.2, 0) is 11.3 Å². The Morgan fingerprint density at radius 2 is 1.96 bits per heavy atom. The van der Waals surface area contributed by atoms with Gasteiger partial charge in [-0.05, 0) is 55.2 Å². The maximum absolute atomic E-state index is 13.1. The number of halogens is 1. The zero-order valence-corrected chi connectivity index (χ0v) is 14.6. The number of hydrogen-bond acceptors (Lipinski definition) is 3. The topological polar surface area (TPSA) is 41.6 Å². The van der Waals surface area contributed by atoms with Crippen LogP contribution in [0.4, 0.5) is 10.1 Å². The molecule has 5 heteroatoms. The second-order valence-electron chi connectivity index (χ2n) is 6.51.